The zero-order valence-corrected chi connectivity index (χ0v) is 19.3. The van der Waals surface area contributed by atoms with E-state index in [-0.39, 0.29) is 44.5 Å². The van der Waals surface area contributed by atoms with Gasteiger partial charge in [-0.1, -0.05) is 53.4 Å². The van der Waals surface area contributed by atoms with Crippen molar-refractivity contribution in [3.8, 4) is 0 Å². The molecule has 0 aliphatic rings. The minimum atomic E-state index is -0.385. The van der Waals surface area contributed by atoms with Gasteiger partial charge in [0.15, 0.2) is 0 Å². The summed E-state index contributed by atoms with van der Waals surface area (Å²) in [5.74, 6) is -0.376. The van der Waals surface area contributed by atoms with Gasteiger partial charge < -0.3 is 10.5 Å². The summed E-state index contributed by atoms with van der Waals surface area (Å²) in [6, 6.07) is 16.8. The van der Waals surface area contributed by atoms with Crippen LogP contribution in [-0.2, 0) is 50.3 Å². The Kier molecular flexibility index (Phi) is 19.2. The molecule has 2 aromatic carbocycles. The summed E-state index contributed by atoms with van der Waals surface area (Å²) >= 11 is 0. The van der Waals surface area contributed by atoms with Crippen molar-refractivity contribution in [2.75, 3.05) is 0 Å². The van der Waals surface area contributed by atoms with E-state index >= 15 is 0 Å². The van der Waals surface area contributed by atoms with E-state index in [0.717, 1.165) is 38.5 Å². The molecule has 0 aliphatic carbocycles. The van der Waals surface area contributed by atoms with E-state index in [0.29, 0.717) is 0 Å². The fourth-order valence-corrected chi connectivity index (χ4v) is 2.40. The first-order valence-electron chi connectivity index (χ1n) is 9.25. The quantitative estimate of drug-likeness (QED) is 0.461. The van der Waals surface area contributed by atoms with Gasteiger partial charge in [-0.15, -0.1) is 0 Å². The molecule has 0 atom stereocenters. The predicted octanol–water partition coefficient (Wildman–Crippen LogP) is 6.71. The molecule has 0 unspecified atom stereocenters. The number of hydrogen-bond acceptors (Lipinski definition) is 1. The van der Waals surface area contributed by atoms with Crippen LogP contribution in [0, 0.1) is 5.92 Å². The molecule has 0 bridgehead atoms. The van der Waals surface area contributed by atoms with Crippen molar-refractivity contribution in [1.82, 2.24) is 0 Å². The summed E-state index contributed by atoms with van der Waals surface area (Å²) in [4.78, 5) is 10.6. The number of nitrogens with one attached hydrogen (secondary N) is 1. The molecule has 0 spiro atoms. The standard InChI is InChI=1S/C8H17NO.2C7H9.Y/c1-3-5-7(6-4-2)8(9)10;2*1-2-7-5-3-4-6-7;/h7H,3-6H2,1-2H3,(H2,9,10);2*3-6H,2H2,1H3;/q;2*-1;+3/p-1. The largest absolute Gasteiger partial charge is 3.00 e. The number of carbonyl (C=O) groups excluding carboxylic acids is 1. The molecule has 2 rings (SSSR count). The molecule has 2 nitrogen and oxygen atoms in total. The average molecular weight is 417 g/mol. The predicted molar refractivity (Wildman–Crippen MR) is 105 cm³/mol. The third-order valence-corrected chi connectivity index (χ3v) is 3.92. The second kappa shape index (κ2) is 18.1. The fraction of sp³-hybridized carbons (Fsp3) is 0.500. The van der Waals surface area contributed by atoms with Crippen LogP contribution in [0.2, 0.25) is 0 Å². The Balaban J connectivity index is 0. The first-order chi connectivity index (χ1) is 11.6. The van der Waals surface area contributed by atoms with Gasteiger partial charge in [0.25, 0.3) is 0 Å². The van der Waals surface area contributed by atoms with Gasteiger partial charge in [0.1, 0.15) is 0 Å². The zero-order valence-electron chi connectivity index (χ0n) is 16.4. The van der Waals surface area contributed by atoms with Crippen LogP contribution in [0.15, 0.2) is 48.5 Å². The van der Waals surface area contributed by atoms with Crippen LogP contribution in [0.4, 0.5) is 0 Å². The molecule has 1 N–H and O–H groups in total. The van der Waals surface area contributed by atoms with Crippen molar-refractivity contribution in [3.05, 3.63) is 65.4 Å². The van der Waals surface area contributed by atoms with Crippen LogP contribution in [0.3, 0.4) is 0 Å². The molecule has 0 heterocycles. The van der Waals surface area contributed by atoms with Gasteiger partial charge in [0.2, 0.25) is 0 Å². The van der Waals surface area contributed by atoms with Crippen LogP contribution >= 0.6 is 0 Å². The second-order valence-corrected chi connectivity index (χ2v) is 5.93. The van der Waals surface area contributed by atoms with Crippen LogP contribution < -0.4 is 0 Å². The minimum absolute atomic E-state index is 0. The van der Waals surface area contributed by atoms with Gasteiger partial charge in [-0.2, -0.15) is 35.4 Å². The first kappa shape index (κ1) is 26.5. The summed E-state index contributed by atoms with van der Waals surface area (Å²) in [6.45, 7) is 8.42. The molecule has 0 radical (unpaired) electrons. The van der Waals surface area contributed by atoms with E-state index in [4.69, 9.17) is 5.73 Å². The smallest absolute Gasteiger partial charge is 0.668 e. The average Bonchev–Trinajstić information content (AvgIpc) is 3.28. The van der Waals surface area contributed by atoms with E-state index in [1.807, 2.05) is 13.8 Å². The maximum Gasteiger partial charge on any atom is 3.00 e. The summed E-state index contributed by atoms with van der Waals surface area (Å²) in [5, 5.41) is 0. The van der Waals surface area contributed by atoms with Crippen LogP contribution in [0.1, 0.15) is 64.5 Å². The van der Waals surface area contributed by atoms with E-state index in [2.05, 4.69) is 62.4 Å². The molecule has 0 aliphatic heterocycles. The Morgan fingerprint density at radius 1 is 0.800 bits per heavy atom. The minimum Gasteiger partial charge on any atom is -0.668 e. The number of hydrogen-bond donors (Lipinski definition) is 0. The number of rotatable bonds is 7. The first-order valence-corrected chi connectivity index (χ1v) is 9.25. The van der Waals surface area contributed by atoms with E-state index < -0.39 is 0 Å². The van der Waals surface area contributed by atoms with Gasteiger partial charge in [0.05, 0.1) is 5.91 Å². The van der Waals surface area contributed by atoms with Crippen LogP contribution in [-0.4, -0.2) is 5.91 Å². The van der Waals surface area contributed by atoms with Crippen molar-refractivity contribution < 1.29 is 37.5 Å². The van der Waals surface area contributed by atoms with Crippen molar-refractivity contribution in [3.63, 3.8) is 0 Å². The second-order valence-electron chi connectivity index (χ2n) is 5.93. The maximum atomic E-state index is 10.6. The van der Waals surface area contributed by atoms with Gasteiger partial charge in [-0.25, -0.2) is 24.3 Å². The third-order valence-electron chi connectivity index (χ3n) is 3.92. The molecule has 0 aromatic heterocycles. The molecule has 136 valence electrons. The van der Waals surface area contributed by atoms with Crippen molar-refractivity contribution in [2.24, 2.45) is 5.92 Å². The Morgan fingerprint density at radius 2 is 1.12 bits per heavy atom. The normalized spacial score (nSPS) is 9.32. The van der Waals surface area contributed by atoms with Crippen molar-refractivity contribution in [1.29, 1.82) is 0 Å². The molecule has 0 saturated heterocycles. The fourth-order valence-electron chi connectivity index (χ4n) is 2.40. The molecular formula is C22H34NOY. The van der Waals surface area contributed by atoms with E-state index in [1.165, 1.54) is 11.1 Å². The molecule has 2 aromatic rings. The molecule has 3 heteroatoms. The Hall–Kier alpha value is -0.726. The van der Waals surface area contributed by atoms with Gasteiger partial charge in [-0.05, 0) is 12.8 Å². The molecule has 0 saturated carbocycles. The van der Waals surface area contributed by atoms with Crippen LogP contribution in [0.5, 0.6) is 0 Å². The topological polar surface area (TPSA) is 40.9 Å². The number of carbonyl (C=O) groups is 1. The summed E-state index contributed by atoms with van der Waals surface area (Å²) in [6.07, 6.45) is 6.11. The Labute approximate surface area is 180 Å². The van der Waals surface area contributed by atoms with Gasteiger partial charge in [-0.3, -0.25) is 0 Å². The summed E-state index contributed by atoms with van der Waals surface area (Å²) in [5.41, 5.74) is 9.76. The molecular weight excluding hydrogens is 383 g/mol. The van der Waals surface area contributed by atoms with Gasteiger partial charge in [0, 0.05) is 5.92 Å². The van der Waals surface area contributed by atoms with Crippen molar-refractivity contribution >= 4 is 5.91 Å². The summed E-state index contributed by atoms with van der Waals surface area (Å²) < 4.78 is 0. The summed E-state index contributed by atoms with van der Waals surface area (Å²) in [7, 11) is 0. The van der Waals surface area contributed by atoms with Gasteiger partial charge >= 0.3 is 32.7 Å². The monoisotopic (exact) mass is 417 g/mol. The molecule has 25 heavy (non-hydrogen) atoms. The number of amides is 1. The third kappa shape index (κ3) is 14.2. The number of aryl methyl sites for hydroxylation is 2. The zero-order chi connectivity index (χ0) is 18.2. The van der Waals surface area contributed by atoms with Crippen molar-refractivity contribution in [2.45, 2.75) is 66.2 Å². The maximum absolute atomic E-state index is 10.6. The van der Waals surface area contributed by atoms with Crippen LogP contribution in [0.25, 0.3) is 5.73 Å². The SMILES string of the molecule is CCCC(CCC)C([NH-])=O.CC[c-]1cccc1.CC[c-]1cccc1.[Y+3]. The Bertz CT molecular complexity index is 448. The molecule has 0 fully saturated rings. The van der Waals surface area contributed by atoms with E-state index in [1.54, 1.807) is 0 Å². The Morgan fingerprint density at radius 3 is 1.28 bits per heavy atom. The molecule has 1 amide bonds. The van der Waals surface area contributed by atoms with E-state index in [9.17, 15) is 4.79 Å².